The molecule has 0 saturated carbocycles. The van der Waals surface area contributed by atoms with E-state index in [9.17, 15) is 13.2 Å². The van der Waals surface area contributed by atoms with E-state index in [1.165, 1.54) is 28.8 Å². The van der Waals surface area contributed by atoms with Gasteiger partial charge in [0.25, 0.3) is 0 Å². The van der Waals surface area contributed by atoms with Gasteiger partial charge >= 0.3 is 6.18 Å². The third-order valence-corrected chi connectivity index (χ3v) is 4.92. The third kappa shape index (κ3) is 4.55. The number of hydrogen-bond acceptors (Lipinski definition) is 1. The van der Waals surface area contributed by atoms with Crippen LogP contribution in [0.25, 0.3) is 5.57 Å². The zero-order chi connectivity index (χ0) is 18.6. The van der Waals surface area contributed by atoms with Gasteiger partial charge in [-0.3, -0.25) is 0 Å². The average Bonchev–Trinajstić information content (AvgIpc) is 2.64. The Morgan fingerprint density at radius 3 is 2.69 bits per heavy atom. The van der Waals surface area contributed by atoms with Crippen LogP contribution in [0.15, 0.2) is 54.6 Å². The topological polar surface area (TPSA) is 12.0 Å². The molecule has 0 unspecified atom stereocenters. The molecule has 0 fully saturated rings. The summed E-state index contributed by atoms with van der Waals surface area (Å²) in [5.41, 5.74) is 4.20. The second-order valence-corrected chi connectivity index (χ2v) is 6.83. The highest BCUT2D eigenvalue weighted by Gasteiger charge is 2.30. The lowest BCUT2D eigenvalue weighted by atomic mass is 9.87. The predicted molar refractivity (Wildman–Crippen MR) is 100.0 cm³/mol. The van der Waals surface area contributed by atoms with Gasteiger partial charge in [0.05, 0.1) is 5.56 Å². The summed E-state index contributed by atoms with van der Waals surface area (Å²) in [5.74, 6) is 0. The molecule has 0 spiro atoms. The Hall–Kier alpha value is -2.07. The minimum absolute atomic E-state index is 0.234. The van der Waals surface area contributed by atoms with E-state index in [0.717, 1.165) is 37.4 Å². The summed E-state index contributed by atoms with van der Waals surface area (Å²) in [7, 11) is 0. The molecule has 1 atom stereocenters. The Labute approximate surface area is 152 Å². The van der Waals surface area contributed by atoms with Gasteiger partial charge in [0.1, 0.15) is 0 Å². The van der Waals surface area contributed by atoms with Crippen molar-refractivity contribution < 1.29 is 13.2 Å². The van der Waals surface area contributed by atoms with E-state index in [1.54, 1.807) is 6.07 Å². The van der Waals surface area contributed by atoms with Crippen LogP contribution in [-0.4, -0.2) is 12.6 Å². The van der Waals surface area contributed by atoms with Crippen molar-refractivity contribution in [2.45, 2.75) is 44.8 Å². The van der Waals surface area contributed by atoms with Crippen LogP contribution in [0.5, 0.6) is 0 Å². The Morgan fingerprint density at radius 1 is 1.08 bits per heavy atom. The van der Waals surface area contributed by atoms with Crippen LogP contribution in [0.2, 0.25) is 0 Å². The van der Waals surface area contributed by atoms with E-state index >= 15 is 0 Å². The monoisotopic (exact) mass is 359 g/mol. The molecule has 3 rings (SSSR count). The normalized spacial score (nSPS) is 15.3. The minimum Gasteiger partial charge on any atom is -0.310 e. The summed E-state index contributed by atoms with van der Waals surface area (Å²) in [4.78, 5) is 0. The molecular formula is C22H24F3N. The fraction of sp³-hybridized carbons (Fsp3) is 0.364. The van der Waals surface area contributed by atoms with Gasteiger partial charge in [-0.05, 0) is 67.5 Å². The SMILES string of the molecule is C[C@@H](NCCCc1cccc(C(F)(F)F)c1)C1=CCCc2ccccc21. The molecule has 1 aliphatic rings. The van der Waals surface area contributed by atoms with Gasteiger partial charge in [0, 0.05) is 6.04 Å². The number of halogens is 3. The summed E-state index contributed by atoms with van der Waals surface area (Å²) >= 11 is 0. The highest BCUT2D eigenvalue weighted by atomic mass is 19.4. The molecule has 1 nitrogen and oxygen atoms in total. The lowest BCUT2D eigenvalue weighted by Crippen LogP contribution is -2.29. The lowest BCUT2D eigenvalue weighted by molar-refractivity contribution is -0.137. The van der Waals surface area contributed by atoms with Crippen molar-refractivity contribution in [1.82, 2.24) is 5.32 Å². The van der Waals surface area contributed by atoms with Crippen molar-refractivity contribution in [1.29, 1.82) is 0 Å². The van der Waals surface area contributed by atoms with Crippen LogP contribution in [0.3, 0.4) is 0 Å². The van der Waals surface area contributed by atoms with E-state index < -0.39 is 11.7 Å². The van der Waals surface area contributed by atoms with Crippen molar-refractivity contribution in [2.75, 3.05) is 6.54 Å². The van der Waals surface area contributed by atoms with E-state index in [2.05, 4.69) is 42.6 Å². The van der Waals surface area contributed by atoms with Gasteiger partial charge in [-0.15, -0.1) is 0 Å². The smallest absolute Gasteiger partial charge is 0.310 e. The summed E-state index contributed by atoms with van der Waals surface area (Å²) in [6.07, 6.45) is 1.61. The van der Waals surface area contributed by atoms with Gasteiger partial charge in [-0.2, -0.15) is 13.2 Å². The fourth-order valence-electron chi connectivity index (χ4n) is 3.55. The van der Waals surface area contributed by atoms with Crippen LogP contribution in [0, 0.1) is 0 Å². The Bertz CT molecular complexity index is 777. The molecule has 0 heterocycles. The summed E-state index contributed by atoms with van der Waals surface area (Å²) in [6.45, 7) is 2.93. The molecule has 0 radical (unpaired) electrons. The van der Waals surface area contributed by atoms with Gasteiger partial charge in [-0.25, -0.2) is 0 Å². The number of nitrogens with one attached hydrogen (secondary N) is 1. The van der Waals surface area contributed by atoms with Crippen LogP contribution in [-0.2, 0) is 19.0 Å². The van der Waals surface area contributed by atoms with E-state index in [-0.39, 0.29) is 6.04 Å². The largest absolute Gasteiger partial charge is 0.416 e. The maximum absolute atomic E-state index is 12.8. The first-order chi connectivity index (χ1) is 12.4. The number of benzene rings is 2. The summed E-state index contributed by atoms with van der Waals surface area (Å²) < 4.78 is 38.3. The molecule has 4 heteroatoms. The van der Waals surface area contributed by atoms with Crippen LogP contribution < -0.4 is 5.32 Å². The first-order valence-electron chi connectivity index (χ1n) is 9.13. The standard InChI is InChI=1S/C22H24F3N/c1-16(20-13-5-10-18-9-2-3-12-21(18)20)26-14-6-8-17-7-4-11-19(15-17)22(23,24)25/h2-4,7,9,11-13,15-16,26H,5-6,8,10,14H2,1H3/t16-/m1/s1. The quantitative estimate of drug-likeness (QED) is 0.658. The van der Waals surface area contributed by atoms with Gasteiger partial charge in [0.2, 0.25) is 0 Å². The van der Waals surface area contributed by atoms with Crippen molar-refractivity contribution in [3.63, 3.8) is 0 Å². The molecule has 2 aromatic carbocycles. The Balaban J connectivity index is 1.52. The maximum Gasteiger partial charge on any atom is 0.416 e. The summed E-state index contributed by atoms with van der Waals surface area (Å²) in [6, 6.07) is 14.4. The maximum atomic E-state index is 12.8. The number of hydrogen-bond donors (Lipinski definition) is 1. The van der Waals surface area contributed by atoms with Crippen LogP contribution >= 0.6 is 0 Å². The van der Waals surface area contributed by atoms with E-state index in [0.29, 0.717) is 6.42 Å². The third-order valence-electron chi connectivity index (χ3n) is 4.92. The summed E-state index contributed by atoms with van der Waals surface area (Å²) in [5, 5.41) is 3.52. The zero-order valence-electron chi connectivity index (χ0n) is 14.9. The highest BCUT2D eigenvalue weighted by molar-refractivity contribution is 5.73. The number of fused-ring (bicyclic) bond motifs is 1. The van der Waals surface area contributed by atoms with Crippen LogP contribution in [0.1, 0.15) is 42.0 Å². The van der Waals surface area contributed by atoms with Gasteiger partial charge < -0.3 is 5.32 Å². The lowest BCUT2D eigenvalue weighted by Gasteiger charge is -2.24. The first-order valence-corrected chi connectivity index (χ1v) is 9.13. The number of rotatable bonds is 6. The molecule has 26 heavy (non-hydrogen) atoms. The molecule has 2 aromatic rings. The second-order valence-electron chi connectivity index (χ2n) is 6.83. The first kappa shape index (κ1) is 18.7. The Morgan fingerprint density at radius 2 is 1.88 bits per heavy atom. The highest BCUT2D eigenvalue weighted by Crippen LogP contribution is 2.30. The fourth-order valence-corrected chi connectivity index (χ4v) is 3.55. The molecule has 1 N–H and O–H groups in total. The van der Waals surface area contributed by atoms with Crippen molar-refractivity contribution in [2.24, 2.45) is 0 Å². The van der Waals surface area contributed by atoms with E-state index in [4.69, 9.17) is 0 Å². The molecule has 0 bridgehead atoms. The predicted octanol–water partition coefficient (Wildman–Crippen LogP) is 5.65. The number of aryl methyl sites for hydroxylation is 2. The van der Waals surface area contributed by atoms with Crippen molar-refractivity contribution >= 4 is 5.57 Å². The number of alkyl halides is 3. The second kappa shape index (κ2) is 8.09. The van der Waals surface area contributed by atoms with E-state index in [1.807, 2.05) is 0 Å². The molecule has 0 aliphatic heterocycles. The molecule has 0 amide bonds. The molecule has 0 aromatic heterocycles. The molecule has 0 saturated heterocycles. The molecular weight excluding hydrogens is 335 g/mol. The minimum atomic E-state index is -4.27. The Kier molecular flexibility index (Phi) is 5.82. The average molecular weight is 359 g/mol. The van der Waals surface area contributed by atoms with Gasteiger partial charge in [0.15, 0.2) is 0 Å². The zero-order valence-corrected chi connectivity index (χ0v) is 14.9. The molecule has 1 aliphatic carbocycles. The van der Waals surface area contributed by atoms with Crippen molar-refractivity contribution in [3.05, 3.63) is 76.9 Å². The van der Waals surface area contributed by atoms with Crippen LogP contribution in [0.4, 0.5) is 13.2 Å². The van der Waals surface area contributed by atoms with Crippen molar-refractivity contribution in [3.8, 4) is 0 Å². The van der Waals surface area contributed by atoms with Gasteiger partial charge in [-0.1, -0.05) is 48.5 Å². The molecule has 138 valence electrons. The number of allylic oxidation sites excluding steroid dienone is 1.